The molecule has 20 heavy (non-hydrogen) atoms. The van der Waals surface area contributed by atoms with Crippen molar-refractivity contribution in [2.24, 2.45) is 0 Å². The SMILES string of the molecule is N#C/C(=C/c1ccncc1)C(=O)Nc1cccc(Br)c1. The smallest absolute Gasteiger partial charge is 0.266 e. The summed E-state index contributed by atoms with van der Waals surface area (Å²) in [6.45, 7) is 0. The first-order valence-corrected chi connectivity index (χ1v) is 6.57. The number of hydrogen-bond acceptors (Lipinski definition) is 3. The zero-order valence-electron chi connectivity index (χ0n) is 10.4. The molecule has 4 nitrogen and oxygen atoms in total. The van der Waals surface area contributed by atoms with Crippen LogP contribution in [0.3, 0.4) is 0 Å². The maximum atomic E-state index is 12.0. The first-order chi connectivity index (χ1) is 9.69. The van der Waals surface area contributed by atoms with Gasteiger partial charge < -0.3 is 5.32 Å². The van der Waals surface area contributed by atoms with Crippen LogP contribution in [0.2, 0.25) is 0 Å². The van der Waals surface area contributed by atoms with Gasteiger partial charge >= 0.3 is 0 Å². The predicted molar refractivity (Wildman–Crippen MR) is 80.6 cm³/mol. The summed E-state index contributed by atoms with van der Waals surface area (Å²) in [6, 6.07) is 12.5. The van der Waals surface area contributed by atoms with Gasteiger partial charge in [-0.05, 0) is 42.0 Å². The van der Waals surface area contributed by atoms with Gasteiger partial charge in [0.05, 0.1) is 0 Å². The molecule has 0 saturated heterocycles. The Bertz CT molecular complexity index is 690. The number of amides is 1. The molecule has 2 aromatic rings. The average molecular weight is 328 g/mol. The number of nitriles is 1. The van der Waals surface area contributed by atoms with Gasteiger partial charge in [-0.2, -0.15) is 5.26 Å². The van der Waals surface area contributed by atoms with Crippen LogP contribution in [0.1, 0.15) is 5.56 Å². The first-order valence-electron chi connectivity index (χ1n) is 5.78. The molecule has 0 aliphatic heterocycles. The standard InChI is InChI=1S/C15H10BrN3O/c16-13-2-1-3-14(9-13)19-15(20)12(10-17)8-11-4-6-18-7-5-11/h1-9H,(H,19,20)/b12-8-. The molecule has 1 aromatic carbocycles. The minimum atomic E-state index is -0.442. The Morgan fingerprint density at radius 2 is 2.05 bits per heavy atom. The molecular formula is C15H10BrN3O. The zero-order chi connectivity index (χ0) is 14.4. The summed E-state index contributed by atoms with van der Waals surface area (Å²) in [7, 11) is 0. The molecule has 1 heterocycles. The van der Waals surface area contributed by atoms with Gasteiger partial charge in [0.2, 0.25) is 0 Å². The van der Waals surface area contributed by atoms with E-state index in [1.165, 1.54) is 6.08 Å². The number of halogens is 1. The second-order valence-corrected chi connectivity index (χ2v) is 4.83. The van der Waals surface area contributed by atoms with Gasteiger partial charge in [0.1, 0.15) is 11.6 Å². The molecule has 98 valence electrons. The van der Waals surface area contributed by atoms with Crippen LogP contribution < -0.4 is 5.32 Å². The Hall–Kier alpha value is -2.45. The third-order valence-electron chi connectivity index (χ3n) is 2.46. The molecule has 0 unspecified atom stereocenters. The van der Waals surface area contributed by atoms with E-state index in [1.807, 2.05) is 12.1 Å². The number of aromatic nitrogens is 1. The first kappa shape index (κ1) is 14.0. The second kappa shape index (κ2) is 6.64. The monoisotopic (exact) mass is 327 g/mol. The van der Waals surface area contributed by atoms with Gasteiger partial charge in [-0.1, -0.05) is 22.0 Å². The summed E-state index contributed by atoms with van der Waals surface area (Å²) < 4.78 is 0.854. The van der Waals surface area contributed by atoms with Crippen molar-refractivity contribution in [3.63, 3.8) is 0 Å². The molecule has 0 bridgehead atoms. The summed E-state index contributed by atoms with van der Waals surface area (Å²) in [4.78, 5) is 15.9. The van der Waals surface area contributed by atoms with Crippen molar-refractivity contribution in [2.75, 3.05) is 5.32 Å². The van der Waals surface area contributed by atoms with Crippen molar-refractivity contribution in [3.05, 3.63) is 64.4 Å². The van der Waals surface area contributed by atoms with E-state index in [2.05, 4.69) is 26.2 Å². The number of benzene rings is 1. The highest BCUT2D eigenvalue weighted by Gasteiger charge is 2.09. The normalized spacial score (nSPS) is 10.7. The molecule has 1 amide bonds. The van der Waals surface area contributed by atoms with E-state index in [9.17, 15) is 4.79 Å². The molecule has 0 spiro atoms. The van der Waals surface area contributed by atoms with Crippen LogP contribution >= 0.6 is 15.9 Å². The highest BCUT2D eigenvalue weighted by atomic mass is 79.9. The number of rotatable bonds is 3. The quantitative estimate of drug-likeness (QED) is 0.694. The molecule has 0 atom stereocenters. The van der Waals surface area contributed by atoms with Crippen LogP contribution in [0, 0.1) is 11.3 Å². The van der Waals surface area contributed by atoms with Crippen molar-refractivity contribution in [3.8, 4) is 6.07 Å². The number of nitrogens with zero attached hydrogens (tertiary/aromatic N) is 2. The summed E-state index contributed by atoms with van der Waals surface area (Å²) >= 11 is 3.32. The largest absolute Gasteiger partial charge is 0.321 e. The topological polar surface area (TPSA) is 65.8 Å². The Morgan fingerprint density at radius 3 is 2.70 bits per heavy atom. The van der Waals surface area contributed by atoms with Crippen LogP contribution in [0.4, 0.5) is 5.69 Å². The summed E-state index contributed by atoms with van der Waals surface area (Å²) in [5.41, 5.74) is 1.41. The number of hydrogen-bond donors (Lipinski definition) is 1. The third-order valence-corrected chi connectivity index (χ3v) is 2.96. The summed E-state index contributed by atoms with van der Waals surface area (Å²) in [6.07, 6.45) is 4.73. The average Bonchev–Trinajstić information content (AvgIpc) is 2.45. The molecule has 0 aliphatic rings. The summed E-state index contributed by atoms with van der Waals surface area (Å²) in [5.74, 6) is -0.442. The van der Waals surface area contributed by atoms with Gasteiger partial charge in [-0.3, -0.25) is 9.78 Å². The zero-order valence-corrected chi connectivity index (χ0v) is 12.0. The number of nitrogens with one attached hydrogen (secondary N) is 1. The molecule has 1 aromatic heterocycles. The molecule has 0 fully saturated rings. The van der Waals surface area contributed by atoms with Crippen LogP contribution in [0.5, 0.6) is 0 Å². The fraction of sp³-hybridized carbons (Fsp3) is 0. The van der Waals surface area contributed by atoms with Crippen LogP contribution in [0.25, 0.3) is 6.08 Å². The van der Waals surface area contributed by atoms with Gasteiger partial charge in [0.25, 0.3) is 5.91 Å². The van der Waals surface area contributed by atoms with E-state index < -0.39 is 5.91 Å². The van der Waals surface area contributed by atoms with E-state index >= 15 is 0 Å². The predicted octanol–water partition coefficient (Wildman–Crippen LogP) is 3.39. The van der Waals surface area contributed by atoms with E-state index in [0.29, 0.717) is 5.69 Å². The highest BCUT2D eigenvalue weighted by molar-refractivity contribution is 9.10. The maximum absolute atomic E-state index is 12.0. The van der Waals surface area contributed by atoms with E-state index in [0.717, 1.165) is 10.0 Å². The molecule has 0 radical (unpaired) electrons. The fourth-order valence-corrected chi connectivity index (χ4v) is 1.94. The molecule has 5 heteroatoms. The van der Waals surface area contributed by atoms with Crippen molar-refractivity contribution in [1.82, 2.24) is 4.98 Å². The minimum Gasteiger partial charge on any atom is -0.321 e. The van der Waals surface area contributed by atoms with E-state index in [4.69, 9.17) is 5.26 Å². The van der Waals surface area contributed by atoms with Crippen molar-refractivity contribution in [2.45, 2.75) is 0 Å². The van der Waals surface area contributed by atoms with Crippen molar-refractivity contribution in [1.29, 1.82) is 5.26 Å². The van der Waals surface area contributed by atoms with Gasteiger partial charge in [0.15, 0.2) is 0 Å². The van der Waals surface area contributed by atoms with Gasteiger partial charge in [0, 0.05) is 22.6 Å². The van der Waals surface area contributed by atoms with Gasteiger partial charge in [-0.15, -0.1) is 0 Å². The highest BCUT2D eigenvalue weighted by Crippen LogP contribution is 2.16. The molecular weight excluding hydrogens is 318 g/mol. The van der Waals surface area contributed by atoms with Crippen molar-refractivity contribution < 1.29 is 4.79 Å². The summed E-state index contributed by atoms with van der Waals surface area (Å²) in [5, 5.41) is 11.8. The minimum absolute atomic E-state index is 0.0381. The van der Waals surface area contributed by atoms with Crippen LogP contribution in [-0.2, 0) is 4.79 Å². The van der Waals surface area contributed by atoms with Crippen LogP contribution in [0.15, 0.2) is 58.8 Å². The van der Waals surface area contributed by atoms with Crippen LogP contribution in [-0.4, -0.2) is 10.9 Å². The Morgan fingerprint density at radius 1 is 1.30 bits per heavy atom. The maximum Gasteiger partial charge on any atom is 0.266 e. The Balaban J connectivity index is 2.19. The Labute approximate surface area is 124 Å². The van der Waals surface area contributed by atoms with Gasteiger partial charge in [-0.25, -0.2) is 0 Å². The number of carbonyl (C=O) groups excluding carboxylic acids is 1. The lowest BCUT2D eigenvalue weighted by atomic mass is 10.1. The molecule has 0 aliphatic carbocycles. The number of pyridine rings is 1. The fourth-order valence-electron chi connectivity index (χ4n) is 1.54. The lowest BCUT2D eigenvalue weighted by molar-refractivity contribution is -0.112. The molecule has 2 rings (SSSR count). The lowest BCUT2D eigenvalue weighted by Gasteiger charge is -2.04. The molecule has 0 saturated carbocycles. The number of carbonyl (C=O) groups is 1. The number of anilines is 1. The van der Waals surface area contributed by atoms with E-state index in [1.54, 1.807) is 42.7 Å². The lowest BCUT2D eigenvalue weighted by Crippen LogP contribution is -2.13. The van der Waals surface area contributed by atoms with E-state index in [-0.39, 0.29) is 5.57 Å². The van der Waals surface area contributed by atoms with Crippen molar-refractivity contribution >= 4 is 33.6 Å². The third kappa shape index (κ3) is 3.77. The second-order valence-electron chi connectivity index (χ2n) is 3.91. The molecule has 1 N–H and O–H groups in total. The Kier molecular flexibility index (Phi) is 4.64.